The van der Waals surface area contributed by atoms with E-state index in [9.17, 15) is 8.78 Å². The number of hydrogen-bond acceptors (Lipinski definition) is 1. The molecule has 0 aliphatic heterocycles. The van der Waals surface area contributed by atoms with Gasteiger partial charge < -0.3 is 0 Å². The first kappa shape index (κ1) is 9.94. The van der Waals surface area contributed by atoms with Crippen LogP contribution in [-0.4, -0.2) is 0 Å². The Hall–Kier alpha value is -1.14. The second-order valence-corrected chi connectivity index (χ2v) is 2.96. The Morgan fingerprint density at radius 1 is 1.38 bits per heavy atom. The highest BCUT2D eigenvalue weighted by Gasteiger charge is 2.09. The van der Waals surface area contributed by atoms with E-state index in [2.05, 4.69) is 0 Å². The quantitative estimate of drug-likeness (QED) is 0.675. The Balaban J connectivity index is 3.00. The zero-order chi connectivity index (χ0) is 9.84. The molecule has 0 saturated heterocycles. The van der Waals surface area contributed by atoms with Crippen LogP contribution in [0.2, 0.25) is 5.02 Å². The molecule has 0 aromatic heterocycles. The van der Waals surface area contributed by atoms with Crippen LogP contribution in [0.5, 0.6) is 0 Å². The maximum atomic E-state index is 13.0. The van der Waals surface area contributed by atoms with Gasteiger partial charge in [0.1, 0.15) is 0 Å². The van der Waals surface area contributed by atoms with Gasteiger partial charge >= 0.3 is 0 Å². The van der Waals surface area contributed by atoms with Gasteiger partial charge in [0, 0.05) is 11.4 Å². The Morgan fingerprint density at radius 2 is 2.08 bits per heavy atom. The summed E-state index contributed by atoms with van der Waals surface area (Å²) in [4.78, 5) is 0. The van der Waals surface area contributed by atoms with Gasteiger partial charge in [0.15, 0.2) is 11.6 Å². The molecule has 0 bridgehead atoms. The molecule has 0 amide bonds. The molecule has 13 heavy (non-hydrogen) atoms. The fourth-order valence-corrected chi connectivity index (χ4v) is 1.21. The van der Waals surface area contributed by atoms with Crippen LogP contribution in [0.1, 0.15) is 12.0 Å². The van der Waals surface area contributed by atoms with Gasteiger partial charge in [0.25, 0.3) is 0 Å². The molecule has 0 unspecified atom stereocenters. The lowest BCUT2D eigenvalue weighted by molar-refractivity contribution is 0.499. The molecule has 0 N–H and O–H groups in total. The van der Waals surface area contributed by atoms with Gasteiger partial charge in [-0.05, 0) is 24.1 Å². The Morgan fingerprint density at radius 3 is 2.69 bits per heavy atom. The molecule has 0 aliphatic rings. The van der Waals surface area contributed by atoms with E-state index >= 15 is 0 Å². The maximum absolute atomic E-state index is 13.0. The van der Waals surface area contributed by atoms with Crippen LogP contribution >= 0.6 is 11.6 Å². The molecule has 1 rings (SSSR count). The summed E-state index contributed by atoms with van der Waals surface area (Å²) in [7, 11) is 0. The molecule has 1 aromatic rings. The molecular formula is C9H6ClF2N. The third-order valence-electron chi connectivity index (χ3n) is 1.57. The summed E-state index contributed by atoms with van der Waals surface area (Å²) in [5.74, 6) is -1.89. The van der Waals surface area contributed by atoms with E-state index in [1.54, 1.807) is 0 Å². The molecule has 0 atom stereocenters. The molecule has 0 saturated carbocycles. The van der Waals surface area contributed by atoms with Crippen molar-refractivity contribution in [1.82, 2.24) is 0 Å². The maximum Gasteiger partial charge on any atom is 0.162 e. The Bertz CT molecular complexity index is 357. The van der Waals surface area contributed by atoms with Crippen LogP contribution in [0.25, 0.3) is 0 Å². The van der Waals surface area contributed by atoms with Crippen molar-refractivity contribution in [2.24, 2.45) is 0 Å². The average molecular weight is 202 g/mol. The molecule has 4 heteroatoms. The average Bonchev–Trinajstić information content (AvgIpc) is 2.09. The van der Waals surface area contributed by atoms with Crippen LogP contribution in [0.4, 0.5) is 8.78 Å². The minimum absolute atomic E-state index is 0.145. The number of aryl methyl sites for hydroxylation is 1. The van der Waals surface area contributed by atoms with Crippen molar-refractivity contribution in [3.8, 4) is 6.07 Å². The zero-order valence-electron chi connectivity index (χ0n) is 6.65. The Kier molecular flexibility index (Phi) is 3.21. The number of halogens is 3. The summed E-state index contributed by atoms with van der Waals surface area (Å²) in [6, 6.07) is 4.09. The van der Waals surface area contributed by atoms with Gasteiger partial charge in [-0.25, -0.2) is 8.78 Å². The summed E-state index contributed by atoms with van der Waals surface area (Å²) >= 11 is 5.51. The topological polar surface area (TPSA) is 23.8 Å². The first-order valence-corrected chi connectivity index (χ1v) is 4.03. The molecule has 68 valence electrons. The molecular weight excluding hydrogens is 196 g/mol. The standard InChI is InChI=1S/C9H6ClF2N/c10-7-4-6(2-1-3-13)9(12)8(11)5-7/h4-5H,1-2H2. The number of nitrogens with zero attached hydrogens (tertiary/aromatic N) is 1. The molecule has 0 aliphatic carbocycles. The zero-order valence-corrected chi connectivity index (χ0v) is 7.41. The van der Waals surface area contributed by atoms with E-state index in [1.165, 1.54) is 6.07 Å². The van der Waals surface area contributed by atoms with E-state index in [1.807, 2.05) is 6.07 Å². The SMILES string of the molecule is N#CCCc1cc(Cl)cc(F)c1F. The number of rotatable bonds is 2. The molecule has 0 heterocycles. The van der Waals surface area contributed by atoms with Gasteiger partial charge in [-0.2, -0.15) is 5.26 Å². The fraction of sp³-hybridized carbons (Fsp3) is 0.222. The van der Waals surface area contributed by atoms with Gasteiger partial charge in [0.2, 0.25) is 0 Å². The number of benzene rings is 1. The summed E-state index contributed by atoms with van der Waals surface area (Å²) in [5.41, 5.74) is 0.145. The molecule has 0 radical (unpaired) electrons. The molecule has 0 fully saturated rings. The van der Waals surface area contributed by atoms with Crippen molar-refractivity contribution < 1.29 is 8.78 Å². The van der Waals surface area contributed by atoms with Crippen molar-refractivity contribution in [3.63, 3.8) is 0 Å². The first-order chi connectivity index (χ1) is 6.15. The van der Waals surface area contributed by atoms with E-state index in [0.717, 1.165) is 6.07 Å². The largest absolute Gasteiger partial charge is 0.204 e. The predicted octanol–water partition coefficient (Wildman–Crippen LogP) is 3.07. The van der Waals surface area contributed by atoms with E-state index < -0.39 is 11.6 Å². The first-order valence-electron chi connectivity index (χ1n) is 3.65. The third kappa shape index (κ3) is 2.40. The van der Waals surface area contributed by atoms with Crippen molar-refractivity contribution in [3.05, 3.63) is 34.4 Å². The highest BCUT2D eigenvalue weighted by Crippen LogP contribution is 2.19. The fourth-order valence-electron chi connectivity index (χ4n) is 0.982. The van der Waals surface area contributed by atoms with Crippen molar-refractivity contribution in [2.45, 2.75) is 12.8 Å². The second kappa shape index (κ2) is 4.20. The van der Waals surface area contributed by atoms with Crippen molar-refractivity contribution >= 4 is 11.6 Å². The molecule has 1 aromatic carbocycles. The summed E-state index contributed by atoms with van der Waals surface area (Å²) in [5, 5.41) is 8.40. The van der Waals surface area contributed by atoms with Gasteiger partial charge in [-0.1, -0.05) is 11.6 Å². The number of nitriles is 1. The van der Waals surface area contributed by atoms with Crippen LogP contribution < -0.4 is 0 Å². The van der Waals surface area contributed by atoms with Crippen LogP contribution in [-0.2, 0) is 6.42 Å². The van der Waals surface area contributed by atoms with E-state index in [0.29, 0.717) is 0 Å². The van der Waals surface area contributed by atoms with E-state index in [-0.39, 0.29) is 23.4 Å². The minimum atomic E-state index is -0.972. The van der Waals surface area contributed by atoms with Gasteiger partial charge in [-0.15, -0.1) is 0 Å². The van der Waals surface area contributed by atoms with Crippen molar-refractivity contribution in [2.75, 3.05) is 0 Å². The highest BCUT2D eigenvalue weighted by molar-refractivity contribution is 6.30. The van der Waals surface area contributed by atoms with Gasteiger partial charge in [0.05, 0.1) is 6.07 Å². The third-order valence-corrected chi connectivity index (χ3v) is 1.79. The minimum Gasteiger partial charge on any atom is -0.204 e. The summed E-state index contributed by atoms with van der Waals surface area (Å²) in [6.45, 7) is 0. The lowest BCUT2D eigenvalue weighted by Crippen LogP contribution is -1.94. The predicted molar refractivity (Wildman–Crippen MR) is 45.3 cm³/mol. The Labute approximate surface area is 79.6 Å². The highest BCUT2D eigenvalue weighted by atomic mass is 35.5. The number of hydrogen-bond donors (Lipinski definition) is 0. The lowest BCUT2D eigenvalue weighted by atomic mass is 10.1. The normalized spacial score (nSPS) is 9.69. The monoisotopic (exact) mass is 201 g/mol. The van der Waals surface area contributed by atoms with Crippen LogP contribution in [0.3, 0.4) is 0 Å². The van der Waals surface area contributed by atoms with Gasteiger partial charge in [-0.3, -0.25) is 0 Å². The van der Waals surface area contributed by atoms with E-state index in [4.69, 9.17) is 16.9 Å². The summed E-state index contributed by atoms with van der Waals surface area (Å²) in [6.07, 6.45) is 0.330. The summed E-state index contributed by atoms with van der Waals surface area (Å²) < 4.78 is 25.7. The van der Waals surface area contributed by atoms with Crippen LogP contribution in [0.15, 0.2) is 12.1 Å². The second-order valence-electron chi connectivity index (χ2n) is 2.52. The smallest absolute Gasteiger partial charge is 0.162 e. The molecule has 0 spiro atoms. The molecule has 1 nitrogen and oxygen atoms in total. The van der Waals surface area contributed by atoms with Crippen molar-refractivity contribution in [1.29, 1.82) is 5.26 Å². The lowest BCUT2D eigenvalue weighted by Gasteiger charge is -2.01. The van der Waals surface area contributed by atoms with Crippen LogP contribution in [0, 0.1) is 23.0 Å².